The summed E-state index contributed by atoms with van der Waals surface area (Å²) in [7, 11) is 0. The lowest BCUT2D eigenvalue weighted by Crippen LogP contribution is -2.28. The monoisotopic (exact) mass is 654 g/mol. The smallest absolute Gasteiger partial charge is 0.238 e. The molecule has 0 radical (unpaired) electrons. The van der Waals surface area contributed by atoms with Crippen LogP contribution in [0.5, 0.6) is 0 Å². The van der Waals surface area contributed by atoms with Crippen molar-refractivity contribution in [2.45, 2.75) is 18.8 Å². The summed E-state index contributed by atoms with van der Waals surface area (Å²) >= 11 is 0. The normalized spacial score (nSPS) is 15.9. The third-order valence-electron chi connectivity index (χ3n) is 10.7. The summed E-state index contributed by atoms with van der Waals surface area (Å²) in [6.45, 7) is 2.24. The van der Waals surface area contributed by atoms with Crippen molar-refractivity contribution in [2.75, 3.05) is 0 Å². The molecule has 0 saturated carbocycles. The van der Waals surface area contributed by atoms with Crippen LogP contribution in [0.4, 0.5) is 0 Å². The molecule has 51 heavy (non-hydrogen) atoms. The summed E-state index contributed by atoms with van der Waals surface area (Å²) < 4.78 is 2.30. The summed E-state index contributed by atoms with van der Waals surface area (Å²) in [5.74, 6) is 2.41. The highest BCUT2D eigenvalue weighted by Gasteiger charge is 2.47. The van der Waals surface area contributed by atoms with Gasteiger partial charge in [-0.1, -0.05) is 171 Å². The van der Waals surface area contributed by atoms with Crippen molar-refractivity contribution in [3.63, 3.8) is 0 Å². The van der Waals surface area contributed by atoms with E-state index in [-0.39, 0.29) is 0 Å². The molecular formula is C47H34N4. The first-order valence-electron chi connectivity index (χ1n) is 17.7. The van der Waals surface area contributed by atoms with E-state index >= 15 is 0 Å². The van der Waals surface area contributed by atoms with Crippen LogP contribution in [0, 0.1) is 5.92 Å². The Morgan fingerprint density at radius 3 is 1.98 bits per heavy atom. The molecule has 0 spiro atoms. The third kappa shape index (κ3) is 4.43. The maximum atomic E-state index is 5.33. The first-order valence-corrected chi connectivity index (χ1v) is 17.7. The molecule has 0 saturated heterocycles. The van der Waals surface area contributed by atoms with Gasteiger partial charge < -0.3 is 0 Å². The molecule has 6 aromatic carbocycles. The molecule has 2 aliphatic carbocycles. The number of hydrogen-bond acceptors (Lipinski definition) is 3. The number of allylic oxidation sites excluding steroid dienone is 4. The Morgan fingerprint density at radius 2 is 1.24 bits per heavy atom. The van der Waals surface area contributed by atoms with Gasteiger partial charge in [-0.3, -0.25) is 4.57 Å². The van der Waals surface area contributed by atoms with Crippen LogP contribution in [-0.2, 0) is 5.41 Å². The third-order valence-corrected chi connectivity index (χ3v) is 10.7. The van der Waals surface area contributed by atoms with Crippen molar-refractivity contribution in [1.82, 2.24) is 19.5 Å². The van der Waals surface area contributed by atoms with Gasteiger partial charge in [0.15, 0.2) is 11.6 Å². The van der Waals surface area contributed by atoms with Crippen molar-refractivity contribution in [3.8, 4) is 28.5 Å². The first kappa shape index (κ1) is 29.5. The predicted octanol–water partition coefficient (Wildman–Crippen LogP) is 11.0. The van der Waals surface area contributed by atoms with Gasteiger partial charge in [0.05, 0.1) is 16.4 Å². The summed E-state index contributed by atoms with van der Waals surface area (Å²) in [5, 5.41) is 2.34. The van der Waals surface area contributed by atoms with Crippen LogP contribution in [0.3, 0.4) is 0 Å². The van der Waals surface area contributed by atoms with Crippen LogP contribution in [0.15, 0.2) is 170 Å². The van der Waals surface area contributed by atoms with Crippen LogP contribution >= 0.6 is 0 Å². The highest BCUT2D eigenvalue weighted by atomic mass is 15.2. The number of nitrogens with zero attached hydrogens (tertiary/aromatic N) is 4. The van der Waals surface area contributed by atoms with Gasteiger partial charge in [-0.25, -0.2) is 4.98 Å². The zero-order valence-electron chi connectivity index (χ0n) is 28.2. The molecular weight excluding hydrogens is 621 g/mol. The summed E-state index contributed by atoms with van der Waals surface area (Å²) in [6.07, 6.45) is 7.40. The molecule has 2 heterocycles. The number of aromatic nitrogens is 4. The fourth-order valence-electron chi connectivity index (χ4n) is 8.52. The quantitative estimate of drug-likeness (QED) is 0.185. The second-order valence-corrected chi connectivity index (χ2v) is 13.7. The SMILES string of the molecule is CC1C=CC=C(c2nc(-c3ccccc3)nc(-n3c4ccccc4c4ccc5c(c43)-c3ccccc3C5(c3ccccc3)c3ccccc3)n2)C1. The minimum absolute atomic E-state index is 0.405. The van der Waals surface area contributed by atoms with Gasteiger partial charge in [0.1, 0.15) is 0 Å². The topological polar surface area (TPSA) is 43.6 Å². The summed E-state index contributed by atoms with van der Waals surface area (Å²) in [5.41, 5.74) is 11.2. The largest absolute Gasteiger partial charge is 0.277 e. The van der Waals surface area contributed by atoms with Crippen molar-refractivity contribution in [1.29, 1.82) is 0 Å². The molecule has 2 aromatic heterocycles. The van der Waals surface area contributed by atoms with E-state index in [1.807, 2.05) is 18.2 Å². The molecule has 0 N–H and O–H groups in total. The molecule has 0 aliphatic heterocycles. The number of fused-ring (bicyclic) bond motifs is 7. The van der Waals surface area contributed by atoms with Crippen LogP contribution < -0.4 is 0 Å². The molecule has 2 aliphatic rings. The van der Waals surface area contributed by atoms with Gasteiger partial charge in [-0.2, -0.15) is 9.97 Å². The fourth-order valence-corrected chi connectivity index (χ4v) is 8.52. The first-order chi connectivity index (χ1) is 25.2. The second-order valence-electron chi connectivity index (χ2n) is 13.7. The Hall–Kier alpha value is -6.39. The summed E-state index contributed by atoms with van der Waals surface area (Å²) in [4.78, 5) is 15.7. The van der Waals surface area contributed by atoms with Crippen LogP contribution in [0.25, 0.3) is 55.8 Å². The van der Waals surface area contributed by atoms with Crippen molar-refractivity contribution in [2.24, 2.45) is 5.92 Å². The van der Waals surface area contributed by atoms with Gasteiger partial charge in [0, 0.05) is 21.9 Å². The number of para-hydroxylation sites is 1. The second kappa shape index (κ2) is 11.6. The Labute approximate surface area is 297 Å². The van der Waals surface area contributed by atoms with E-state index in [2.05, 4.69) is 163 Å². The summed E-state index contributed by atoms with van der Waals surface area (Å²) in [6, 6.07) is 54.5. The zero-order valence-corrected chi connectivity index (χ0v) is 28.2. The highest BCUT2D eigenvalue weighted by Crippen LogP contribution is 2.58. The Bertz CT molecular complexity index is 2630. The predicted molar refractivity (Wildman–Crippen MR) is 208 cm³/mol. The number of rotatable bonds is 5. The zero-order chi connectivity index (χ0) is 33.9. The van der Waals surface area contributed by atoms with Gasteiger partial charge in [0.25, 0.3) is 0 Å². The van der Waals surface area contributed by atoms with E-state index < -0.39 is 5.41 Å². The van der Waals surface area contributed by atoms with E-state index in [0.29, 0.717) is 17.7 Å². The van der Waals surface area contributed by atoms with Crippen molar-refractivity contribution < 1.29 is 0 Å². The molecule has 0 bridgehead atoms. The maximum Gasteiger partial charge on any atom is 0.238 e. The minimum Gasteiger partial charge on any atom is -0.277 e. The molecule has 4 heteroatoms. The standard InChI is InChI=1S/C47H34N4/c1-31-16-15-19-33(30-31)45-48-44(32-17-5-2-6-18-32)49-46(50-45)51-41-27-14-12-24-36(41)37-28-29-40-42(43(37)51)38-25-11-13-26-39(38)47(40,34-20-7-3-8-21-34)35-22-9-4-10-23-35/h2-29,31H,30H2,1H3. The molecule has 0 amide bonds. The number of benzene rings is 6. The number of hydrogen-bond donors (Lipinski definition) is 0. The Kier molecular flexibility index (Phi) is 6.72. The lowest BCUT2D eigenvalue weighted by atomic mass is 9.67. The van der Waals surface area contributed by atoms with E-state index in [0.717, 1.165) is 34.4 Å². The van der Waals surface area contributed by atoms with Crippen LogP contribution in [-0.4, -0.2) is 19.5 Å². The Balaban J connectivity index is 1.35. The van der Waals surface area contributed by atoms with Gasteiger partial charge in [-0.05, 0) is 51.8 Å². The van der Waals surface area contributed by atoms with E-state index in [1.54, 1.807) is 0 Å². The molecule has 0 fully saturated rings. The molecule has 1 atom stereocenters. The fraction of sp³-hybridized carbons (Fsp3) is 0.0851. The van der Waals surface area contributed by atoms with E-state index in [1.165, 1.54) is 44.2 Å². The molecule has 242 valence electrons. The lowest BCUT2D eigenvalue weighted by molar-refractivity contribution is 0.741. The van der Waals surface area contributed by atoms with Gasteiger partial charge in [-0.15, -0.1) is 0 Å². The van der Waals surface area contributed by atoms with Gasteiger partial charge in [0.2, 0.25) is 5.95 Å². The van der Waals surface area contributed by atoms with Crippen LogP contribution in [0.2, 0.25) is 0 Å². The average Bonchev–Trinajstić information content (AvgIpc) is 3.70. The molecule has 1 unspecified atom stereocenters. The minimum atomic E-state index is -0.515. The van der Waals surface area contributed by atoms with Crippen LogP contribution in [0.1, 0.15) is 41.4 Å². The molecule has 8 aromatic rings. The van der Waals surface area contributed by atoms with Crippen molar-refractivity contribution >= 4 is 27.4 Å². The van der Waals surface area contributed by atoms with E-state index in [9.17, 15) is 0 Å². The average molecular weight is 655 g/mol. The van der Waals surface area contributed by atoms with Crippen molar-refractivity contribution in [3.05, 3.63) is 198 Å². The highest BCUT2D eigenvalue weighted by molar-refractivity contribution is 6.16. The van der Waals surface area contributed by atoms with E-state index in [4.69, 9.17) is 15.0 Å². The molecule has 10 rings (SSSR count). The Morgan fingerprint density at radius 1 is 0.588 bits per heavy atom. The van der Waals surface area contributed by atoms with Gasteiger partial charge >= 0.3 is 0 Å². The maximum absolute atomic E-state index is 5.33. The molecule has 4 nitrogen and oxygen atoms in total. The lowest BCUT2D eigenvalue weighted by Gasteiger charge is -2.33.